The molecule has 12 heteroatoms. The Bertz CT molecular complexity index is 1110. The molecule has 32 heavy (non-hydrogen) atoms. The third-order valence-electron chi connectivity index (χ3n) is 4.36. The molecule has 0 spiro atoms. The molecule has 0 saturated heterocycles. The lowest BCUT2D eigenvalue weighted by molar-refractivity contribution is -0.483. The number of carboxylic acid groups (broad SMARTS) is 2. The highest BCUT2D eigenvalue weighted by molar-refractivity contribution is 6.03. The van der Waals surface area contributed by atoms with E-state index < -0.39 is 44.5 Å². The number of nitrogens with zero attached hydrogens (tertiary/aromatic N) is 4. The molecule has 0 aliphatic rings. The van der Waals surface area contributed by atoms with Crippen LogP contribution in [0.2, 0.25) is 0 Å². The van der Waals surface area contributed by atoms with Crippen LogP contribution in [0.1, 0.15) is 20.7 Å². The first kappa shape index (κ1) is 21.7. The lowest BCUT2D eigenvalue weighted by Crippen LogP contribution is -2.29. The van der Waals surface area contributed by atoms with Gasteiger partial charge in [-0.3, -0.25) is 0 Å². The first-order chi connectivity index (χ1) is 15.2. The zero-order valence-electron chi connectivity index (χ0n) is 16.1. The SMILES string of the molecule is O=C(O)c1cc(N(c2ccccc2)[N+](=O)[O-])c(C(=O)O)cc1N(c1ccccc1)[N+](=O)[O-]. The average Bonchev–Trinajstić information content (AvgIpc) is 2.75. The fourth-order valence-electron chi connectivity index (χ4n) is 3.05. The Kier molecular flexibility index (Phi) is 5.96. The van der Waals surface area contributed by atoms with E-state index in [1.165, 1.54) is 48.5 Å². The molecule has 3 rings (SSSR count). The fraction of sp³-hybridized carbons (Fsp3) is 0. The molecule has 162 valence electrons. The van der Waals surface area contributed by atoms with E-state index in [1.54, 1.807) is 12.1 Å². The second kappa shape index (κ2) is 8.79. The van der Waals surface area contributed by atoms with E-state index in [2.05, 4.69) is 0 Å². The number of hydrazine groups is 2. The van der Waals surface area contributed by atoms with Gasteiger partial charge in [0.25, 0.3) is 0 Å². The van der Waals surface area contributed by atoms with Gasteiger partial charge in [0.15, 0.2) is 10.1 Å². The van der Waals surface area contributed by atoms with Crippen molar-refractivity contribution in [1.29, 1.82) is 0 Å². The van der Waals surface area contributed by atoms with E-state index in [-0.39, 0.29) is 11.4 Å². The van der Waals surface area contributed by atoms with Crippen molar-refractivity contribution < 1.29 is 29.9 Å². The Morgan fingerprint density at radius 3 is 1.22 bits per heavy atom. The van der Waals surface area contributed by atoms with Crippen LogP contribution in [-0.4, -0.2) is 32.2 Å². The molecule has 0 aliphatic carbocycles. The molecule has 0 radical (unpaired) electrons. The molecule has 0 atom stereocenters. The zero-order chi connectivity index (χ0) is 23.4. The van der Waals surface area contributed by atoms with Crippen LogP contribution < -0.4 is 10.0 Å². The van der Waals surface area contributed by atoms with Gasteiger partial charge in [-0.15, -0.1) is 0 Å². The maximum absolute atomic E-state index is 12.0. The Balaban J connectivity index is 2.34. The monoisotopic (exact) mass is 438 g/mol. The highest BCUT2D eigenvalue weighted by Crippen LogP contribution is 2.37. The van der Waals surface area contributed by atoms with Crippen molar-refractivity contribution in [1.82, 2.24) is 0 Å². The summed E-state index contributed by atoms with van der Waals surface area (Å²) in [6, 6.07) is 15.8. The van der Waals surface area contributed by atoms with Crippen molar-refractivity contribution in [3.63, 3.8) is 0 Å². The lowest BCUT2D eigenvalue weighted by Gasteiger charge is -2.20. The van der Waals surface area contributed by atoms with Crippen LogP contribution in [0.15, 0.2) is 72.8 Å². The molecule has 12 nitrogen and oxygen atoms in total. The number of carbonyl (C=O) groups is 2. The van der Waals surface area contributed by atoms with E-state index in [4.69, 9.17) is 0 Å². The number of anilines is 4. The smallest absolute Gasteiger partial charge is 0.338 e. The summed E-state index contributed by atoms with van der Waals surface area (Å²) in [5.74, 6) is -3.28. The minimum atomic E-state index is -1.64. The van der Waals surface area contributed by atoms with Gasteiger partial charge in [-0.1, -0.05) is 46.4 Å². The van der Waals surface area contributed by atoms with Gasteiger partial charge >= 0.3 is 11.9 Å². The predicted octanol–water partition coefficient (Wildman–Crippen LogP) is 3.74. The highest BCUT2D eigenvalue weighted by atomic mass is 16.7. The molecule has 0 aliphatic heterocycles. The van der Waals surface area contributed by atoms with Crippen molar-refractivity contribution >= 4 is 34.7 Å². The van der Waals surface area contributed by atoms with Gasteiger partial charge in [-0.2, -0.15) is 0 Å². The summed E-state index contributed by atoms with van der Waals surface area (Å²) in [6.45, 7) is 0. The van der Waals surface area contributed by atoms with Crippen LogP contribution in [0.4, 0.5) is 22.7 Å². The number of carboxylic acids is 2. The Morgan fingerprint density at radius 1 is 0.656 bits per heavy atom. The van der Waals surface area contributed by atoms with E-state index in [9.17, 15) is 40.0 Å². The van der Waals surface area contributed by atoms with E-state index >= 15 is 0 Å². The summed E-state index contributed by atoms with van der Waals surface area (Å²) in [6.07, 6.45) is 0. The Hall–Kier alpha value is -5.00. The number of para-hydroxylation sites is 2. The largest absolute Gasteiger partial charge is 0.478 e. The minimum absolute atomic E-state index is 0.0433. The van der Waals surface area contributed by atoms with Crippen LogP contribution in [-0.2, 0) is 0 Å². The molecule has 0 bridgehead atoms. The van der Waals surface area contributed by atoms with Crippen molar-refractivity contribution in [2.24, 2.45) is 0 Å². The number of aromatic carboxylic acids is 2. The second-order valence-electron chi connectivity index (χ2n) is 6.27. The van der Waals surface area contributed by atoms with Gasteiger partial charge in [-0.05, 0) is 36.4 Å². The Morgan fingerprint density at radius 2 is 0.969 bits per heavy atom. The third kappa shape index (κ3) is 4.14. The number of hydrogen-bond acceptors (Lipinski definition) is 6. The standard InChI is InChI=1S/C20H14N4O8/c25-19(26)15-12-18(22(24(31)32)14-9-5-2-6-10-14)16(20(27)28)11-17(15)21(23(29)30)13-7-3-1-4-8-13/h1-12H,(H,25,26)(H,27,28). The topological polar surface area (TPSA) is 167 Å². The quantitative estimate of drug-likeness (QED) is 0.390. The molecule has 3 aromatic rings. The van der Waals surface area contributed by atoms with Gasteiger partial charge in [0.1, 0.15) is 22.7 Å². The number of nitro groups is 2. The zero-order valence-corrected chi connectivity index (χ0v) is 16.1. The van der Waals surface area contributed by atoms with Crippen LogP contribution in [0.5, 0.6) is 0 Å². The molecule has 0 fully saturated rings. The molecule has 0 heterocycles. The maximum atomic E-state index is 12.0. The summed E-state index contributed by atoms with van der Waals surface area (Å²) in [5.41, 5.74) is -2.64. The molecule has 2 N–H and O–H groups in total. The minimum Gasteiger partial charge on any atom is -0.478 e. The summed E-state index contributed by atoms with van der Waals surface area (Å²) in [4.78, 5) is 47.5. The molecule has 0 saturated carbocycles. The third-order valence-corrected chi connectivity index (χ3v) is 4.36. The summed E-state index contributed by atoms with van der Waals surface area (Å²) in [5, 5.41) is 41.9. The average molecular weight is 438 g/mol. The van der Waals surface area contributed by atoms with Gasteiger partial charge < -0.3 is 10.2 Å². The van der Waals surface area contributed by atoms with Crippen molar-refractivity contribution in [2.75, 3.05) is 10.0 Å². The number of rotatable bonds is 8. The summed E-state index contributed by atoms with van der Waals surface area (Å²) in [7, 11) is 0. The van der Waals surface area contributed by atoms with Gasteiger partial charge in [0.2, 0.25) is 0 Å². The maximum Gasteiger partial charge on any atom is 0.338 e. The fourth-order valence-corrected chi connectivity index (χ4v) is 3.05. The number of hydrogen-bond donors (Lipinski definition) is 2. The van der Waals surface area contributed by atoms with E-state index in [0.29, 0.717) is 10.0 Å². The Labute approximate surface area is 179 Å². The van der Waals surface area contributed by atoms with Crippen molar-refractivity contribution in [3.05, 3.63) is 104 Å². The molecule has 3 aromatic carbocycles. The van der Waals surface area contributed by atoms with Gasteiger partial charge in [0.05, 0.1) is 11.1 Å². The van der Waals surface area contributed by atoms with Crippen molar-refractivity contribution in [3.8, 4) is 0 Å². The number of benzene rings is 3. The summed E-state index contributed by atoms with van der Waals surface area (Å²) >= 11 is 0. The first-order valence-electron chi connectivity index (χ1n) is 8.86. The first-order valence-corrected chi connectivity index (χ1v) is 8.86. The molecule has 0 amide bonds. The molecular weight excluding hydrogens is 424 g/mol. The van der Waals surface area contributed by atoms with E-state index in [0.717, 1.165) is 12.1 Å². The predicted molar refractivity (Wildman–Crippen MR) is 112 cm³/mol. The second-order valence-corrected chi connectivity index (χ2v) is 6.27. The van der Waals surface area contributed by atoms with Gasteiger partial charge in [-0.25, -0.2) is 29.8 Å². The van der Waals surface area contributed by atoms with E-state index in [1.807, 2.05) is 0 Å². The van der Waals surface area contributed by atoms with Crippen LogP contribution in [0, 0.1) is 20.2 Å². The normalized spacial score (nSPS) is 10.2. The van der Waals surface area contributed by atoms with Crippen LogP contribution >= 0.6 is 0 Å². The lowest BCUT2D eigenvalue weighted by atomic mass is 10.0. The van der Waals surface area contributed by atoms with Crippen LogP contribution in [0.3, 0.4) is 0 Å². The molecule has 0 unspecified atom stereocenters. The molecule has 0 aromatic heterocycles. The summed E-state index contributed by atoms with van der Waals surface area (Å²) < 4.78 is 0. The van der Waals surface area contributed by atoms with Crippen LogP contribution in [0.25, 0.3) is 0 Å². The molecular formula is C20H14N4O8. The highest BCUT2D eigenvalue weighted by Gasteiger charge is 2.33. The van der Waals surface area contributed by atoms with Crippen molar-refractivity contribution in [2.45, 2.75) is 0 Å². The van der Waals surface area contributed by atoms with Gasteiger partial charge in [0, 0.05) is 0 Å².